The lowest BCUT2D eigenvalue weighted by atomic mass is 9.93. The summed E-state index contributed by atoms with van der Waals surface area (Å²) in [6.07, 6.45) is 4.58. The summed E-state index contributed by atoms with van der Waals surface area (Å²) >= 11 is 0. The summed E-state index contributed by atoms with van der Waals surface area (Å²) in [6.45, 7) is 11.1. The maximum absolute atomic E-state index is 15.7. The fourth-order valence-electron chi connectivity index (χ4n) is 7.00. The molecule has 1 amide bonds. The molecule has 0 unspecified atom stereocenters. The number of nitriles is 1. The van der Waals surface area contributed by atoms with Crippen molar-refractivity contribution in [2.45, 2.75) is 64.2 Å². The molecule has 2 aliphatic rings. The second-order valence-electron chi connectivity index (χ2n) is 13.5. The molecule has 6 rings (SSSR count). The number of carbonyl (C=O) groups excluding carboxylic acids is 1. The minimum Gasteiger partial charge on any atom is -0.457 e. The molecule has 0 aliphatic carbocycles. The van der Waals surface area contributed by atoms with Gasteiger partial charge in [0.05, 0.1) is 11.4 Å². The van der Waals surface area contributed by atoms with Gasteiger partial charge < -0.3 is 20.3 Å². The number of halogens is 1. The molecule has 2 aliphatic heterocycles. The van der Waals surface area contributed by atoms with Crippen LogP contribution in [0.5, 0.6) is 11.5 Å². The van der Waals surface area contributed by atoms with E-state index in [2.05, 4.69) is 60.6 Å². The summed E-state index contributed by atoms with van der Waals surface area (Å²) in [6, 6.07) is 16.3. The van der Waals surface area contributed by atoms with Crippen molar-refractivity contribution in [1.82, 2.24) is 34.4 Å². The Hall–Kier alpha value is -4.86. The van der Waals surface area contributed by atoms with Crippen LogP contribution in [0.4, 0.5) is 10.2 Å². The van der Waals surface area contributed by atoms with Gasteiger partial charge in [0, 0.05) is 55.4 Å². The van der Waals surface area contributed by atoms with Crippen LogP contribution in [0.1, 0.15) is 46.6 Å². The van der Waals surface area contributed by atoms with E-state index in [9.17, 15) is 10.1 Å². The number of ether oxygens (including phenoxy) is 1. The third-order valence-electron chi connectivity index (χ3n) is 9.61. The highest BCUT2D eigenvalue weighted by molar-refractivity contribution is 5.99. The summed E-state index contributed by atoms with van der Waals surface area (Å²) in [4.78, 5) is 29.0. The van der Waals surface area contributed by atoms with Crippen LogP contribution in [0.3, 0.4) is 0 Å². The maximum atomic E-state index is 15.7. The number of nitrogens with zero attached hydrogens (tertiary/aromatic N) is 8. The Balaban J connectivity index is 1.27. The Kier molecular flexibility index (Phi) is 9.18. The third kappa shape index (κ3) is 6.48. The second kappa shape index (κ2) is 13.3. The monoisotopic (exact) mass is 651 g/mol. The van der Waals surface area contributed by atoms with Gasteiger partial charge >= 0.3 is 0 Å². The number of anilines is 1. The second-order valence-corrected chi connectivity index (χ2v) is 13.5. The Morgan fingerprint density at radius 3 is 2.58 bits per heavy atom. The average Bonchev–Trinajstić information content (AvgIpc) is 3.46. The van der Waals surface area contributed by atoms with Gasteiger partial charge in [0.2, 0.25) is 0 Å². The van der Waals surface area contributed by atoms with Crippen molar-refractivity contribution in [3.63, 3.8) is 0 Å². The Labute approximate surface area is 280 Å². The largest absolute Gasteiger partial charge is 0.457 e. The first-order chi connectivity index (χ1) is 23.0. The number of fused-ring (bicyclic) bond motifs is 1. The van der Waals surface area contributed by atoms with Crippen LogP contribution < -0.4 is 10.5 Å². The van der Waals surface area contributed by atoms with Gasteiger partial charge in [-0.25, -0.2) is 19.0 Å². The van der Waals surface area contributed by atoms with Crippen molar-refractivity contribution < 1.29 is 13.9 Å². The molecular weight excluding hydrogens is 609 g/mol. The maximum Gasteiger partial charge on any atom is 0.264 e. The van der Waals surface area contributed by atoms with E-state index in [4.69, 9.17) is 15.6 Å². The molecule has 0 radical (unpaired) electrons. The Morgan fingerprint density at radius 1 is 1.08 bits per heavy atom. The summed E-state index contributed by atoms with van der Waals surface area (Å²) in [5, 5.41) is 15.5. The number of nitrogen functional groups attached to an aromatic ring is 1. The lowest BCUT2D eigenvalue weighted by Crippen LogP contribution is -2.61. The third-order valence-corrected chi connectivity index (χ3v) is 9.61. The molecule has 12 heteroatoms. The molecule has 2 N–H and O–H groups in total. The van der Waals surface area contributed by atoms with Gasteiger partial charge in [0.1, 0.15) is 46.8 Å². The number of para-hydroxylation sites is 1. The van der Waals surface area contributed by atoms with Crippen molar-refractivity contribution in [3.05, 3.63) is 72.3 Å². The van der Waals surface area contributed by atoms with E-state index in [0.29, 0.717) is 60.2 Å². The molecule has 0 spiro atoms. The fourth-order valence-corrected chi connectivity index (χ4v) is 7.00. The van der Waals surface area contributed by atoms with E-state index in [1.54, 1.807) is 33.8 Å². The number of amides is 1. The molecule has 0 bridgehead atoms. The molecule has 2 aromatic carbocycles. The van der Waals surface area contributed by atoms with Crippen LogP contribution in [0.15, 0.2) is 66.5 Å². The molecule has 2 aromatic heterocycles. The lowest BCUT2D eigenvalue weighted by Gasteiger charge is -2.49. The molecule has 3 atom stereocenters. The van der Waals surface area contributed by atoms with Crippen LogP contribution in [-0.2, 0) is 4.79 Å². The van der Waals surface area contributed by atoms with E-state index >= 15 is 4.39 Å². The standard InChI is InChI=1S/C36H42FN9O2/c1-23-20-45(24(2)19-43(23)5)36(3,4)17-25(18-38)35(47)44-15-9-10-26(21-44)46-34-31(33(39)40-22-41-34)32(42-46)29-14-13-28(16-30(29)37)48-27-11-7-6-8-12-27/h6-8,11-14,16-17,22-24,26H,9-10,15,19-21H2,1-5H3,(H2,39,40,41)/b25-17+/t23-,24+,26-/m0/s1. The number of hydrogen-bond donors (Lipinski definition) is 1. The zero-order chi connectivity index (χ0) is 34.2. The molecule has 48 heavy (non-hydrogen) atoms. The quantitative estimate of drug-likeness (QED) is 0.206. The van der Waals surface area contributed by atoms with E-state index < -0.39 is 11.4 Å². The first kappa shape index (κ1) is 33.1. The highest BCUT2D eigenvalue weighted by atomic mass is 19.1. The Morgan fingerprint density at radius 2 is 1.85 bits per heavy atom. The van der Waals surface area contributed by atoms with Crippen LogP contribution in [0, 0.1) is 17.1 Å². The number of likely N-dealkylation sites (N-methyl/N-ethyl adjacent to an activating group) is 1. The molecule has 2 fully saturated rings. The zero-order valence-electron chi connectivity index (χ0n) is 28.1. The number of piperidine rings is 1. The van der Waals surface area contributed by atoms with Gasteiger partial charge in [0.15, 0.2) is 5.65 Å². The topological polar surface area (TPSA) is 129 Å². The number of aromatic nitrogens is 4. The van der Waals surface area contributed by atoms with Crippen molar-refractivity contribution in [2.24, 2.45) is 0 Å². The van der Waals surface area contributed by atoms with Crippen LogP contribution >= 0.6 is 0 Å². The SMILES string of the molecule is C[C@@H]1CN(C)[C@@H](C)CN1C(C)(C)/C=C(\C#N)C(=O)N1CCC[C@H](n2nc(-c3ccc(Oc4ccccc4)cc3F)c3c(N)ncnc32)C1. The average molecular weight is 652 g/mol. The van der Waals surface area contributed by atoms with Gasteiger partial charge in [-0.05, 0) is 77.9 Å². The van der Waals surface area contributed by atoms with Crippen LogP contribution in [0.2, 0.25) is 0 Å². The zero-order valence-corrected chi connectivity index (χ0v) is 28.1. The lowest BCUT2D eigenvalue weighted by molar-refractivity contribution is -0.128. The summed E-state index contributed by atoms with van der Waals surface area (Å²) < 4.78 is 23.2. The van der Waals surface area contributed by atoms with Crippen molar-refractivity contribution in [2.75, 3.05) is 39.0 Å². The number of rotatable bonds is 7. The van der Waals surface area contributed by atoms with Gasteiger partial charge in [-0.2, -0.15) is 10.4 Å². The number of benzene rings is 2. The molecule has 2 saturated heterocycles. The van der Waals surface area contributed by atoms with Crippen molar-refractivity contribution in [1.29, 1.82) is 5.26 Å². The molecular formula is C36H42FN9O2. The number of hydrogen-bond acceptors (Lipinski definition) is 9. The van der Waals surface area contributed by atoms with Crippen molar-refractivity contribution >= 4 is 22.8 Å². The minimum atomic E-state index is -0.533. The van der Waals surface area contributed by atoms with Gasteiger partial charge in [-0.1, -0.05) is 18.2 Å². The van der Waals surface area contributed by atoms with Crippen molar-refractivity contribution in [3.8, 4) is 28.8 Å². The normalized spacial score (nSPS) is 21.3. The van der Waals surface area contributed by atoms with Crippen LogP contribution in [-0.4, -0.2) is 91.2 Å². The molecule has 0 saturated carbocycles. The number of carbonyl (C=O) groups is 1. The van der Waals surface area contributed by atoms with Gasteiger partial charge in [-0.3, -0.25) is 9.69 Å². The first-order valence-corrected chi connectivity index (χ1v) is 16.4. The molecule has 4 heterocycles. The number of nitrogens with two attached hydrogens (primary N) is 1. The van der Waals surface area contributed by atoms with E-state index in [1.807, 2.05) is 24.3 Å². The summed E-state index contributed by atoms with van der Waals surface area (Å²) in [5.74, 6) is 0.274. The van der Waals surface area contributed by atoms with E-state index in [0.717, 1.165) is 13.1 Å². The summed E-state index contributed by atoms with van der Waals surface area (Å²) in [7, 11) is 2.12. The first-order valence-electron chi connectivity index (χ1n) is 16.4. The smallest absolute Gasteiger partial charge is 0.264 e. The van der Waals surface area contributed by atoms with Gasteiger partial charge in [-0.15, -0.1) is 0 Å². The van der Waals surface area contributed by atoms with Crippen LogP contribution in [0.25, 0.3) is 22.3 Å². The molecule has 11 nitrogen and oxygen atoms in total. The Bertz CT molecular complexity index is 1880. The fraction of sp³-hybridized carbons (Fsp3) is 0.417. The summed E-state index contributed by atoms with van der Waals surface area (Å²) in [5.41, 5.74) is 6.95. The predicted octanol–water partition coefficient (Wildman–Crippen LogP) is 5.42. The highest BCUT2D eigenvalue weighted by Crippen LogP contribution is 2.37. The predicted molar refractivity (Wildman–Crippen MR) is 183 cm³/mol. The minimum absolute atomic E-state index is 0.122. The molecule has 250 valence electrons. The highest BCUT2D eigenvalue weighted by Gasteiger charge is 2.37. The number of piperazine rings is 1. The van der Waals surface area contributed by atoms with E-state index in [1.165, 1.54) is 12.4 Å². The van der Waals surface area contributed by atoms with Gasteiger partial charge in [0.25, 0.3) is 5.91 Å². The van der Waals surface area contributed by atoms with E-state index in [-0.39, 0.29) is 34.9 Å². The number of likely N-dealkylation sites (tertiary alicyclic amines) is 1. The molecule has 4 aromatic rings.